The molecule has 0 aliphatic carbocycles. The number of aliphatic imine (C=N–C) groups is 1. The summed E-state index contributed by atoms with van der Waals surface area (Å²) < 4.78 is 19.1. The highest BCUT2D eigenvalue weighted by atomic mass is 127. The monoisotopic (exact) mass is 544 g/mol. The van der Waals surface area contributed by atoms with Gasteiger partial charge in [-0.05, 0) is 48.1 Å². The normalized spacial score (nSPS) is 19.3. The van der Waals surface area contributed by atoms with E-state index in [4.69, 9.17) is 4.74 Å². The summed E-state index contributed by atoms with van der Waals surface area (Å²) in [6, 6.07) is 11.3. The lowest BCUT2D eigenvalue weighted by atomic mass is 9.74. The summed E-state index contributed by atoms with van der Waals surface area (Å²) in [4.78, 5) is 9.32. The molecule has 0 radical (unpaired) electrons. The minimum absolute atomic E-state index is 0. The Bertz CT molecular complexity index is 801. The molecular formula is C22H30FIN4OS. The number of piperazine rings is 1. The zero-order valence-corrected chi connectivity index (χ0v) is 20.5. The number of guanidine groups is 1. The summed E-state index contributed by atoms with van der Waals surface area (Å²) in [5, 5.41) is 7.09. The minimum atomic E-state index is -0.191. The fourth-order valence-corrected chi connectivity index (χ4v) is 5.09. The number of hydrogen-bond acceptors (Lipinski definition) is 4. The summed E-state index contributed by atoms with van der Waals surface area (Å²) in [6.45, 7) is 6.14. The van der Waals surface area contributed by atoms with E-state index in [1.807, 2.05) is 19.2 Å². The molecule has 2 fully saturated rings. The second-order valence-corrected chi connectivity index (χ2v) is 8.65. The van der Waals surface area contributed by atoms with Gasteiger partial charge in [-0.1, -0.05) is 12.1 Å². The number of halogens is 2. The van der Waals surface area contributed by atoms with Crippen molar-refractivity contribution in [1.82, 2.24) is 10.2 Å². The van der Waals surface area contributed by atoms with Crippen LogP contribution in [0.15, 0.2) is 46.8 Å². The van der Waals surface area contributed by atoms with E-state index in [2.05, 4.69) is 37.6 Å². The molecule has 30 heavy (non-hydrogen) atoms. The first-order chi connectivity index (χ1) is 14.2. The summed E-state index contributed by atoms with van der Waals surface area (Å²) >= 11 is 1.79. The highest BCUT2D eigenvalue weighted by Gasteiger charge is 2.35. The quantitative estimate of drug-likeness (QED) is 0.360. The highest BCUT2D eigenvalue weighted by molar-refractivity contribution is 14.0. The van der Waals surface area contributed by atoms with E-state index >= 15 is 0 Å². The molecule has 0 saturated carbocycles. The molecule has 0 bridgehead atoms. The Balaban J connectivity index is 0.00000256. The molecule has 5 nitrogen and oxygen atoms in total. The number of nitrogens with zero attached hydrogens (tertiary/aromatic N) is 3. The molecule has 0 spiro atoms. The Morgan fingerprint density at radius 1 is 1.13 bits per heavy atom. The fourth-order valence-electron chi connectivity index (χ4n) is 4.30. The molecule has 2 aliphatic heterocycles. The van der Waals surface area contributed by atoms with Crippen LogP contribution in [-0.2, 0) is 10.2 Å². The van der Waals surface area contributed by atoms with Gasteiger partial charge in [-0.15, -0.1) is 35.3 Å². The molecule has 1 N–H and O–H groups in total. The Hall–Kier alpha value is -1.39. The van der Waals surface area contributed by atoms with Gasteiger partial charge in [0, 0.05) is 58.4 Å². The van der Waals surface area contributed by atoms with Crippen LogP contribution in [-0.4, -0.2) is 63.8 Å². The average molecular weight is 544 g/mol. The van der Waals surface area contributed by atoms with Crippen molar-refractivity contribution in [3.63, 3.8) is 0 Å². The van der Waals surface area contributed by atoms with Crippen molar-refractivity contribution in [2.24, 2.45) is 4.99 Å². The van der Waals surface area contributed by atoms with Crippen molar-refractivity contribution < 1.29 is 9.13 Å². The Morgan fingerprint density at radius 3 is 2.43 bits per heavy atom. The first kappa shape index (κ1) is 23.3. The van der Waals surface area contributed by atoms with E-state index in [-0.39, 0.29) is 35.2 Å². The average Bonchev–Trinajstić information content (AvgIpc) is 3.31. The number of anilines is 1. The van der Waals surface area contributed by atoms with E-state index < -0.39 is 0 Å². The van der Waals surface area contributed by atoms with Gasteiger partial charge in [-0.3, -0.25) is 4.99 Å². The van der Waals surface area contributed by atoms with Crippen molar-refractivity contribution in [1.29, 1.82) is 0 Å². The van der Waals surface area contributed by atoms with Crippen molar-refractivity contribution in [2.75, 3.05) is 57.9 Å². The number of hydrogen-bond donors (Lipinski definition) is 1. The smallest absolute Gasteiger partial charge is 0.193 e. The molecule has 164 valence electrons. The van der Waals surface area contributed by atoms with Crippen LogP contribution in [0.3, 0.4) is 0 Å². The van der Waals surface area contributed by atoms with E-state index in [0.29, 0.717) is 0 Å². The van der Waals surface area contributed by atoms with Crippen molar-refractivity contribution in [3.8, 4) is 0 Å². The summed E-state index contributed by atoms with van der Waals surface area (Å²) in [5.41, 5.74) is 1.12. The lowest BCUT2D eigenvalue weighted by molar-refractivity contribution is 0.0511. The SMILES string of the molecule is CN=C(NCC1(c2ccc(F)cc2)CCOCC1)N1CCN(c2cccs2)CC1.I. The molecule has 2 aromatic rings. The van der Waals surface area contributed by atoms with Gasteiger partial charge in [-0.2, -0.15) is 0 Å². The van der Waals surface area contributed by atoms with Gasteiger partial charge in [0.2, 0.25) is 0 Å². The molecule has 8 heteroatoms. The van der Waals surface area contributed by atoms with Crippen LogP contribution in [0.2, 0.25) is 0 Å². The van der Waals surface area contributed by atoms with Crippen LogP contribution in [0.25, 0.3) is 0 Å². The minimum Gasteiger partial charge on any atom is -0.381 e. The van der Waals surface area contributed by atoms with Gasteiger partial charge in [0.1, 0.15) is 5.82 Å². The molecule has 0 amide bonds. The molecule has 3 heterocycles. The van der Waals surface area contributed by atoms with Crippen LogP contribution in [0, 0.1) is 5.82 Å². The van der Waals surface area contributed by atoms with E-state index in [0.717, 1.165) is 64.7 Å². The van der Waals surface area contributed by atoms with Crippen LogP contribution < -0.4 is 10.2 Å². The maximum atomic E-state index is 13.5. The molecule has 2 aliphatic rings. The van der Waals surface area contributed by atoms with Gasteiger partial charge in [-0.25, -0.2) is 4.39 Å². The molecule has 1 aromatic heterocycles. The summed E-state index contributed by atoms with van der Waals surface area (Å²) in [6.07, 6.45) is 1.85. The largest absolute Gasteiger partial charge is 0.381 e. The topological polar surface area (TPSA) is 40.1 Å². The van der Waals surface area contributed by atoms with Gasteiger partial charge >= 0.3 is 0 Å². The molecule has 0 atom stereocenters. The molecule has 0 unspecified atom stereocenters. The third-order valence-electron chi connectivity index (χ3n) is 6.10. The standard InChI is InChI=1S/C22H29FN4OS.HI/c1-24-21(27-12-10-26(11-13-27)20-3-2-16-29-20)25-17-22(8-14-28-15-9-22)18-4-6-19(23)7-5-18;/h2-7,16H,8-15,17H2,1H3,(H,24,25);1H. The Labute approximate surface area is 199 Å². The fraction of sp³-hybridized carbons (Fsp3) is 0.500. The van der Waals surface area contributed by atoms with E-state index in [1.54, 1.807) is 23.5 Å². The molecule has 4 rings (SSSR count). The second-order valence-electron chi connectivity index (χ2n) is 7.73. The summed E-state index contributed by atoms with van der Waals surface area (Å²) in [5.74, 6) is 0.757. The second kappa shape index (κ2) is 10.8. The Kier molecular flexibility index (Phi) is 8.35. The number of nitrogens with one attached hydrogen (secondary N) is 1. The van der Waals surface area contributed by atoms with Crippen molar-refractivity contribution in [2.45, 2.75) is 18.3 Å². The third kappa shape index (κ3) is 5.26. The summed E-state index contributed by atoms with van der Waals surface area (Å²) in [7, 11) is 1.85. The van der Waals surface area contributed by atoms with Gasteiger partial charge in [0.25, 0.3) is 0 Å². The first-order valence-corrected chi connectivity index (χ1v) is 11.2. The van der Waals surface area contributed by atoms with Crippen molar-refractivity contribution in [3.05, 3.63) is 53.2 Å². The first-order valence-electron chi connectivity index (χ1n) is 10.3. The van der Waals surface area contributed by atoms with Crippen molar-refractivity contribution >= 4 is 46.3 Å². The predicted octanol–water partition coefficient (Wildman–Crippen LogP) is 3.95. The Morgan fingerprint density at radius 2 is 1.83 bits per heavy atom. The van der Waals surface area contributed by atoms with Gasteiger partial charge in [0.05, 0.1) is 5.00 Å². The predicted molar refractivity (Wildman–Crippen MR) is 133 cm³/mol. The lowest BCUT2D eigenvalue weighted by Crippen LogP contribution is -2.54. The maximum Gasteiger partial charge on any atom is 0.193 e. The molecule has 1 aromatic carbocycles. The van der Waals surface area contributed by atoms with E-state index in [1.165, 1.54) is 10.6 Å². The molecule has 2 saturated heterocycles. The van der Waals surface area contributed by atoms with Gasteiger partial charge in [0.15, 0.2) is 5.96 Å². The lowest BCUT2D eigenvalue weighted by Gasteiger charge is -2.41. The highest BCUT2D eigenvalue weighted by Crippen LogP contribution is 2.34. The zero-order valence-electron chi connectivity index (χ0n) is 17.3. The molecular weight excluding hydrogens is 514 g/mol. The third-order valence-corrected chi connectivity index (χ3v) is 7.03. The van der Waals surface area contributed by atoms with Crippen LogP contribution in [0.5, 0.6) is 0 Å². The van der Waals surface area contributed by atoms with Crippen LogP contribution in [0.1, 0.15) is 18.4 Å². The number of thiophene rings is 1. The van der Waals surface area contributed by atoms with Crippen LogP contribution >= 0.6 is 35.3 Å². The number of rotatable bonds is 4. The van der Waals surface area contributed by atoms with Gasteiger partial charge < -0.3 is 19.9 Å². The number of benzene rings is 1. The van der Waals surface area contributed by atoms with E-state index in [9.17, 15) is 4.39 Å². The maximum absolute atomic E-state index is 13.5. The number of ether oxygens (including phenoxy) is 1. The van der Waals surface area contributed by atoms with Crippen LogP contribution in [0.4, 0.5) is 9.39 Å². The zero-order chi connectivity index (χ0) is 20.1.